The van der Waals surface area contributed by atoms with Gasteiger partial charge in [0, 0.05) is 19.1 Å². The van der Waals surface area contributed by atoms with Crippen LogP contribution in [0, 0.1) is 31.1 Å². The van der Waals surface area contributed by atoms with Crippen LogP contribution in [-0.4, -0.2) is 35.9 Å². The summed E-state index contributed by atoms with van der Waals surface area (Å²) in [5.41, 5.74) is 2.49. The monoisotopic (exact) mass is 285 g/mol. The molecule has 2 heterocycles. The number of nitrogens with zero attached hydrogens (tertiary/aromatic N) is 4. The van der Waals surface area contributed by atoms with Crippen LogP contribution >= 0.6 is 0 Å². The number of aromatic nitrogens is 2. The second-order valence-electron chi connectivity index (χ2n) is 6.33. The number of rotatable bonds is 4. The molecule has 5 nitrogen and oxygen atoms in total. The van der Waals surface area contributed by atoms with Crippen LogP contribution in [0.4, 0.5) is 5.82 Å². The lowest BCUT2D eigenvalue weighted by Crippen LogP contribution is -2.43. The van der Waals surface area contributed by atoms with Gasteiger partial charge in [-0.3, -0.25) is 0 Å². The number of piperidine rings is 1. The van der Waals surface area contributed by atoms with Gasteiger partial charge >= 0.3 is 0 Å². The van der Waals surface area contributed by atoms with Gasteiger partial charge in [0.25, 0.3) is 0 Å². The lowest BCUT2D eigenvalue weighted by Gasteiger charge is -2.33. The summed E-state index contributed by atoms with van der Waals surface area (Å²) >= 11 is 0. The molecular weight excluding hydrogens is 262 g/mol. The average Bonchev–Trinajstić information content (AvgIpc) is 3.33. The molecule has 0 aromatic carbocycles. The molecule has 1 aliphatic heterocycles. The van der Waals surface area contributed by atoms with Crippen LogP contribution in [0.25, 0.3) is 0 Å². The highest BCUT2D eigenvalue weighted by Gasteiger charge is 2.26. The Morgan fingerprint density at radius 1 is 1.19 bits per heavy atom. The normalized spacial score (nSPS) is 19.6. The maximum Gasteiger partial charge on any atom is 0.169 e. The molecule has 1 aromatic heterocycles. The van der Waals surface area contributed by atoms with Gasteiger partial charge in [-0.05, 0) is 57.6 Å². The van der Waals surface area contributed by atoms with E-state index in [1.54, 1.807) is 0 Å². The Morgan fingerprint density at radius 2 is 1.90 bits per heavy atom. The summed E-state index contributed by atoms with van der Waals surface area (Å²) in [5, 5.41) is 21.5. The number of hydrogen-bond donors (Lipinski definition) is 1. The molecule has 1 saturated carbocycles. The number of nitrogens with one attached hydrogen (secondary N) is 1. The first-order chi connectivity index (χ1) is 10.2. The third-order valence-corrected chi connectivity index (χ3v) is 4.73. The van der Waals surface area contributed by atoms with Crippen LogP contribution in [0.1, 0.15) is 42.5 Å². The summed E-state index contributed by atoms with van der Waals surface area (Å²) in [6, 6.07) is 2.92. The van der Waals surface area contributed by atoms with Crippen molar-refractivity contribution in [3.63, 3.8) is 0 Å². The van der Waals surface area contributed by atoms with Crippen LogP contribution in [0.5, 0.6) is 0 Å². The third kappa shape index (κ3) is 3.16. The van der Waals surface area contributed by atoms with Crippen molar-refractivity contribution in [1.29, 1.82) is 5.26 Å². The number of aryl methyl sites for hydroxylation is 1. The van der Waals surface area contributed by atoms with Crippen LogP contribution in [0.2, 0.25) is 0 Å². The summed E-state index contributed by atoms with van der Waals surface area (Å²) in [7, 11) is 0. The maximum atomic E-state index is 9.40. The lowest BCUT2D eigenvalue weighted by atomic mass is 10.0. The highest BCUT2D eigenvalue weighted by molar-refractivity contribution is 5.57. The summed E-state index contributed by atoms with van der Waals surface area (Å²) in [6.07, 6.45) is 5.03. The van der Waals surface area contributed by atoms with Gasteiger partial charge in [0.15, 0.2) is 5.82 Å². The minimum absolute atomic E-state index is 0.617. The van der Waals surface area contributed by atoms with Gasteiger partial charge in [-0.25, -0.2) is 0 Å². The minimum atomic E-state index is 0.617. The summed E-state index contributed by atoms with van der Waals surface area (Å²) in [6.45, 7) is 6.94. The Labute approximate surface area is 126 Å². The standard InChI is InChI=1S/C16H23N5/c1-11-12(2)19-20-16(15(11)9-17)21-7-5-14(6-8-21)18-10-13-3-4-13/h13-14,18H,3-8,10H2,1-2H3. The minimum Gasteiger partial charge on any atom is -0.354 e. The van der Waals surface area contributed by atoms with Crippen molar-refractivity contribution < 1.29 is 0 Å². The van der Waals surface area contributed by atoms with Gasteiger partial charge in [0.05, 0.1) is 5.69 Å². The Kier molecular flexibility index (Phi) is 4.07. The molecule has 1 aliphatic carbocycles. The van der Waals surface area contributed by atoms with Gasteiger partial charge in [0.2, 0.25) is 0 Å². The highest BCUT2D eigenvalue weighted by Crippen LogP contribution is 2.28. The van der Waals surface area contributed by atoms with Gasteiger partial charge in [-0.1, -0.05) is 0 Å². The largest absolute Gasteiger partial charge is 0.354 e. The maximum absolute atomic E-state index is 9.40. The van der Waals surface area contributed by atoms with E-state index < -0.39 is 0 Å². The van der Waals surface area contributed by atoms with Crippen molar-refractivity contribution in [1.82, 2.24) is 15.5 Å². The van der Waals surface area contributed by atoms with E-state index in [4.69, 9.17) is 0 Å². The first kappa shape index (κ1) is 14.3. The molecule has 1 aromatic rings. The molecule has 112 valence electrons. The van der Waals surface area contributed by atoms with Gasteiger partial charge in [-0.2, -0.15) is 10.4 Å². The van der Waals surface area contributed by atoms with Crippen LogP contribution < -0.4 is 10.2 Å². The molecule has 0 atom stereocenters. The second kappa shape index (κ2) is 5.98. The molecule has 1 saturated heterocycles. The SMILES string of the molecule is Cc1nnc(N2CCC(NCC3CC3)CC2)c(C#N)c1C. The summed E-state index contributed by atoms with van der Waals surface area (Å²) < 4.78 is 0. The van der Waals surface area contributed by atoms with E-state index in [1.807, 2.05) is 13.8 Å². The van der Waals surface area contributed by atoms with Crippen molar-refractivity contribution in [3.8, 4) is 6.07 Å². The Morgan fingerprint density at radius 3 is 2.52 bits per heavy atom. The van der Waals surface area contributed by atoms with E-state index in [-0.39, 0.29) is 0 Å². The van der Waals surface area contributed by atoms with E-state index in [1.165, 1.54) is 19.4 Å². The fourth-order valence-electron chi connectivity index (χ4n) is 2.90. The van der Waals surface area contributed by atoms with Gasteiger partial charge < -0.3 is 10.2 Å². The number of nitriles is 1. The molecule has 1 N–H and O–H groups in total. The second-order valence-corrected chi connectivity index (χ2v) is 6.33. The van der Waals surface area contributed by atoms with Crippen molar-refractivity contribution in [3.05, 3.63) is 16.8 Å². The summed E-state index contributed by atoms with van der Waals surface area (Å²) in [4.78, 5) is 2.22. The van der Waals surface area contributed by atoms with E-state index >= 15 is 0 Å². The number of anilines is 1. The first-order valence-corrected chi connectivity index (χ1v) is 7.91. The molecule has 21 heavy (non-hydrogen) atoms. The van der Waals surface area contributed by atoms with E-state index in [0.717, 1.165) is 48.9 Å². The third-order valence-electron chi connectivity index (χ3n) is 4.73. The van der Waals surface area contributed by atoms with Crippen LogP contribution in [0.3, 0.4) is 0 Å². The molecule has 0 bridgehead atoms. The number of hydrogen-bond acceptors (Lipinski definition) is 5. The van der Waals surface area contributed by atoms with Crippen LogP contribution in [-0.2, 0) is 0 Å². The van der Waals surface area contributed by atoms with E-state index in [2.05, 4.69) is 26.5 Å². The molecule has 2 aliphatic rings. The summed E-state index contributed by atoms with van der Waals surface area (Å²) in [5.74, 6) is 1.69. The molecular formula is C16H23N5. The Balaban J connectivity index is 1.63. The van der Waals surface area contributed by atoms with E-state index in [0.29, 0.717) is 11.6 Å². The van der Waals surface area contributed by atoms with E-state index in [9.17, 15) is 5.26 Å². The topological polar surface area (TPSA) is 64.8 Å². The van der Waals surface area contributed by atoms with Crippen molar-refractivity contribution in [2.75, 3.05) is 24.5 Å². The predicted molar refractivity (Wildman–Crippen MR) is 82.2 cm³/mol. The molecule has 0 amide bonds. The fourth-order valence-corrected chi connectivity index (χ4v) is 2.90. The van der Waals surface area contributed by atoms with Gasteiger partial charge in [-0.15, -0.1) is 5.10 Å². The highest BCUT2D eigenvalue weighted by atomic mass is 15.3. The Hall–Kier alpha value is -1.67. The lowest BCUT2D eigenvalue weighted by molar-refractivity contribution is 0.407. The fraction of sp³-hybridized carbons (Fsp3) is 0.688. The van der Waals surface area contributed by atoms with Gasteiger partial charge in [0.1, 0.15) is 11.6 Å². The average molecular weight is 285 g/mol. The van der Waals surface area contributed by atoms with Crippen molar-refractivity contribution in [2.45, 2.75) is 45.6 Å². The zero-order chi connectivity index (χ0) is 14.8. The molecule has 0 spiro atoms. The van der Waals surface area contributed by atoms with Crippen LogP contribution in [0.15, 0.2) is 0 Å². The predicted octanol–water partition coefficient (Wildman–Crippen LogP) is 1.93. The first-order valence-electron chi connectivity index (χ1n) is 7.91. The zero-order valence-electron chi connectivity index (χ0n) is 12.9. The molecule has 5 heteroatoms. The smallest absolute Gasteiger partial charge is 0.169 e. The zero-order valence-corrected chi connectivity index (χ0v) is 12.9. The molecule has 2 fully saturated rings. The molecule has 0 unspecified atom stereocenters. The quantitative estimate of drug-likeness (QED) is 0.915. The van der Waals surface area contributed by atoms with Crippen molar-refractivity contribution >= 4 is 5.82 Å². The van der Waals surface area contributed by atoms with Crippen molar-refractivity contribution in [2.24, 2.45) is 5.92 Å². The Bertz CT molecular complexity index is 551. The molecule has 0 radical (unpaired) electrons. The molecule has 3 rings (SSSR count).